The summed E-state index contributed by atoms with van der Waals surface area (Å²) in [7, 11) is 2.23. The second-order valence-electron chi connectivity index (χ2n) is 7.90. The number of anilines is 1. The van der Waals surface area contributed by atoms with E-state index in [2.05, 4.69) is 53.2 Å². The van der Waals surface area contributed by atoms with Crippen molar-refractivity contribution in [3.8, 4) is 0 Å². The predicted octanol–water partition coefficient (Wildman–Crippen LogP) is 5.00. The number of piperidine rings is 1. The van der Waals surface area contributed by atoms with Gasteiger partial charge in [-0.05, 0) is 67.3 Å². The van der Waals surface area contributed by atoms with Crippen molar-refractivity contribution in [1.29, 1.82) is 0 Å². The molecule has 1 unspecified atom stereocenters. The predicted molar refractivity (Wildman–Crippen MR) is 107 cm³/mol. The molecule has 3 aromatic rings. The van der Waals surface area contributed by atoms with Gasteiger partial charge in [-0.15, -0.1) is 0 Å². The first kappa shape index (κ1) is 16.0. The molecule has 1 fully saturated rings. The molecule has 0 spiro atoms. The fraction of sp³-hybridized carbons (Fsp3) is 0.391. The number of nitrogens with zero attached hydrogens (tertiary/aromatic N) is 2. The zero-order valence-electron chi connectivity index (χ0n) is 15.4. The minimum Gasteiger partial charge on any atom is -0.464 e. The molecule has 1 saturated heterocycles. The molecule has 3 heteroatoms. The Kier molecular flexibility index (Phi) is 3.97. The van der Waals surface area contributed by atoms with E-state index in [4.69, 9.17) is 4.42 Å². The fourth-order valence-electron chi connectivity index (χ4n) is 4.66. The van der Waals surface area contributed by atoms with Gasteiger partial charge >= 0.3 is 0 Å². The number of fused-ring (bicyclic) bond motifs is 2. The molecule has 1 atom stereocenters. The molecule has 2 aliphatic rings. The van der Waals surface area contributed by atoms with Gasteiger partial charge in [0.1, 0.15) is 5.58 Å². The molecule has 0 N–H and O–H groups in total. The number of hydrogen-bond acceptors (Lipinski definition) is 3. The second kappa shape index (κ2) is 6.48. The summed E-state index contributed by atoms with van der Waals surface area (Å²) < 4.78 is 5.64. The standard InChI is InChI=1S/C23H26N2O/c1-24-15-19-13-20(25-10-3-2-4-11-25)7-8-21(19)22(16-24)18-6-5-17-9-12-26-23(17)14-18/h5-9,12-14,22H,2-4,10-11,15-16H2,1H3. The van der Waals surface area contributed by atoms with Crippen LogP contribution < -0.4 is 4.90 Å². The van der Waals surface area contributed by atoms with Crippen molar-refractivity contribution in [3.05, 3.63) is 65.4 Å². The molecule has 2 aromatic carbocycles. The molecule has 5 rings (SSSR count). The van der Waals surface area contributed by atoms with Gasteiger partial charge in [-0.2, -0.15) is 0 Å². The number of furan rings is 1. The van der Waals surface area contributed by atoms with E-state index < -0.39 is 0 Å². The summed E-state index contributed by atoms with van der Waals surface area (Å²) in [5.74, 6) is 0.411. The van der Waals surface area contributed by atoms with E-state index in [0.717, 1.165) is 18.7 Å². The van der Waals surface area contributed by atoms with Crippen LogP contribution >= 0.6 is 0 Å². The first-order valence-electron chi connectivity index (χ1n) is 9.81. The Hall–Kier alpha value is -2.26. The lowest BCUT2D eigenvalue weighted by Gasteiger charge is -2.35. The van der Waals surface area contributed by atoms with Crippen molar-refractivity contribution in [1.82, 2.24) is 4.90 Å². The lowest BCUT2D eigenvalue weighted by Crippen LogP contribution is -2.32. The quantitative estimate of drug-likeness (QED) is 0.651. The van der Waals surface area contributed by atoms with Gasteiger partial charge in [-0.1, -0.05) is 18.2 Å². The normalized spacial score (nSPS) is 21.1. The summed E-state index contributed by atoms with van der Waals surface area (Å²) in [5.41, 5.74) is 6.70. The molecule has 3 heterocycles. The third kappa shape index (κ3) is 2.80. The molecule has 3 nitrogen and oxygen atoms in total. The van der Waals surface area contributed by atoms with E-state index in [1.54, 1.807) is 6.26 Å². The summed E-state index contributed by atoms with van der Waals surface area (Å²) in [5, 5.41) is 1.18. The van der Waals surface area contributed by atoms with Gasteiger partial charge in [0.25, 0.3) is 0 Å². The first-order chi connectivity index (χ1) is 12.8. The topological polar surface area (TPSA) is 19.6 Å². The molecular weight excluding hydrogens is 320 g/mol. The molecule has 0 saturated carbocycles. The lowest BCUT2D eigenvalue weighted by atomic mass is 9.84. The zero-order chi connectivity index (χ0) is 17.5. The van der Waals surface area contributed by atoms with E-state index in [9.17, 15) is 0 Å². The maximum atomic E-state index is 5.64. The maximum absolute atomic E-state index is 5.64. The van der Waals surface area contributed by atoms with Crippen molar-refractivity contribution < 1.29 is 4.42 Å². The third-order valence-electron chi connectivity index (χ3n) is 6.04. The van der Waals surface area contributed by atoms with Crippen LogP contribution in [0, 0.1) is 0 Å². The Balaban J connectivity index is 1.52. The van der Waals surface area contributed by atoms with Crippen molar-refractivity contribution in [2.45, 2.75) is 31.7 Å². The smallest absolute Gasteiger partial charge is 0.134 e. The van der Waals surface area contributed by atoms with Crippen molar-refractivity contribution in [2.75, 3.05) is 31.6 Å². The Morgan fingerprint density at radius 2 is 1.85 bits per heavy atom. The zero-order valence-corrected chi connectivity index (χ0v) is 15.4. The Morgan fingerprint density at radius 3 is 2.73 bits per heavy atom. The van der Waals surface area contributed by atoms with Gasteiger partial charge < -0.3 is 14.2 Å². The van der Waals surface area contributed by atoms with Crippen molar-refractivity contribution in [3.63, 3.8) is 0 Å². The van der Waals surface area contributed by atoms with E-state index in [1.807, 2.05) is 6.07 Å². The van der Waals surface area contributed by atoms with Crippen LogP contribution in [0.1, 0.15) is 41.9 Å². The van der Waals surface area contributed by atoms with Crippen LogP contribution in [0.2, 0.25) is 0 Å². The molecule has 0 bridgehead atoms. The summed E-state index contributed by atoms with van der Waals surface area (Å²) in [4.78, 5) is 5.00. The molecule has 2 aliphatic heterocycles. The number of likely N-dealkylation sites (N-methyl/N-ethyl adjacent to an activating group) is 1. The Labute approximate surface area is 155 Å². The monoisotopic (exact) mass is 346 g/mol. The van der Waals surface area contributed by atoms with Gasteiger partial charge in [-0.25, -0.2) is 0 Å². The van der Waals surface area contributed by atoms with Gasteiger partial charge in [-0.3, -0.25) is 0 Å². The summed E-state index contributed by atoms with van der Waals surface area (Å²) in [6.07, 6.45) is 5.80. The molecule has 26 heavy (non-hydrogen) atoms. The third-order valence-corrected chi connectivity index (χ3v) is 6.04. The van der Waals surface area contributed by atoms with E-state index >= 15 is 0 Å². The maximum Gasteiger partial charge on any atom is 0.134 e. The highest BCUT2D eigenvalue weighted by atomic mass is 16.3. The summed E-state index contributed by atoms with van der Waals surface area (Å²) >= 11 is 0. The van der Waals surface area contributed by atoms with Crippen LogP contribution in [-0.2, 0) is 6.54 Å². The van der Waals surface area contributed by atoms with E-state index in [1.165, 1.54) is 60.1 Å². The van der Waals surface area contributed by atoms with Crippen LogP contribution in [-0.4, -0.2) is 31.6 Å². The van der Waals surface area contributed by atoms with Gasteiger partial charge in [0.2, 0.25) is 0 Å². The van der Waals surface area contributed by atoms with E-state index in [-0.39, 0.29) is 0 Å². The summed E-state index contributed by atoms with van der Waals surface area (Å²) in [6.45, 7) is 4.50. The first-order valence-corrected chi connectivity index (χ1v) is 9.81. The van der Waals surface area contributed by atoms with Gasteiger partial charge in [0, 0.05) is 43.2 Å². The minimum absolute atomic E-state index is 0.411. The highest BCUT2D eigenvalue weighted by Crippen LogP contribution is 2.36. The fourth-order valence-corrected chi connectivity index (χ4v) is 4.66. The highest BCUT2D eigenvalue weighted by Gasteiger charge is 2.26. The average Bonchev–Trinajstić information content (AvgIpc) is 3.15. The second-order valence-corrected chi connectivity index (χ2v) is 7.90. The molecular formula is C23H26N2O. The molecule has 1 aromatic heterocycles. The molecule has 0 aliphatic carbocycles. The average molecular weight is 346 g/mol. The van der Waals surface area contributed by atoms with E-state index in [0.29, 0.717) is 5.92 Å². The number of benzene rings is 2. The van der Waals surface area contributed by atoms with Crippen LogP contribution in [0.25, 0.3) is 11.0 Å². The SMILES string of the molecule is CN1Cc2cc(N3CCCCC3)ccc2C(c2ccc3ccoc3c2)C1. The van der Waals surface area contributed by atoms with Crippen molar-refractivity contribution >= 4 is 16.7 Å². The van der Waals surface area contributed by atoms with Crippen LogP contribution in [0.5, 0.6) is 0 Å². The van der Waals surface area contributed by atoms with Gasteiger partial charge in [0.05, 0.1) is 6.26 Å². The Bertz CT molecular complexity index is 923. The van der Waals surface area contributed by atoms with Crippen LogP contribution in [0.4, 0.5) is 5.69 Å². The summed E-state index contributed by atoms with van der Waals surface area (Å²) in [6, 6.07) is 15.9. The molecule has 0 amide bonds. The van der Waals surface area contributed by atoms with Crippen molar-refractivity contribution in [2.24, 2.45) is 0 Å². The number of hydrogen-bond donors (Lipinski definition) is 0. The molecule has 0 radical (unpaired) electrons. The van der Waals surface area contributed by atoms with Crippen LogP contribution in [0.15, 0.2) is 53.1 Å². The largest absolute Gasteiger partial charge is 0.464 e. The molecule has 134 valence electrons. The highest BCUT2D eigenvalue weighted by molar-refractivity contribution is 5.78. The van der Waals surface area contributed by atoms with Gasteiger partial charge in [0.15, 0.2) is 0 Å². The Morgan fingerprint density at radius 1 is 0.962 bits per heavy atom. The lowest BCUT2D eigenvalue weighted by molar-refractivity contribution is 0.295. The number of rotatable bonds is 2. The minimum atomic E-state index is 0.411. The van der Waals surface area contributed by atoms with Crippen LogP contribution in [0.3, 0.4) is 0 Å².